The largest absolute Gasteiger partial charge is 0.468 e. The van der Waals surface area contributed by atoms with Crippen LogP contribution >= 0.6 is 15.9 Å². The molecule has 0 spiro atoms. The molecule has 0 amide bonds. The van der Waals surface area contributed by atoms with Crippen LogP contribution in [0.2, 0.25) is 0 Å². The highest BCUT2D eigenvalue weighted by atomic mass is 79.9. The lowest BCUT2D eigenvalue weighted by atomic mass is 10.2. The predicted octanol–water partition coefficient (Wildman–Crippen LogP) is 3.29. The number of aromatic nitrogens is 1. The zero-order chi connectivity index (χ0) is 11.4. The molecule has 0 unspecified atom stereocenters. The van der Waals surface area contributed by atoms with Gasteiger partial charge in [0.25, 0.3) is 0 Å². The van der Waals surface area contributed by atoms with Crippen LogP contribution in [0.5, 0.6) is 0 Å². The van der Waals surface area contributed by atoms with Crippen molar-refractivity contribution in [3.8, 4) is 0 Å². The van der Waals surface area contributed by atoms with Gasteiger partial charge < -0.3 is 9.73 Å². The van der Waals surface area contributed by atoms with E-state index < -0.39 is 0 Å². The summed E-state index contributed by atoms with van der Waals surface area (Å²) in [7, 11) is 0. The molecular weight excluding hydrogens is 268 g/mol. The average Bonchev–Trinajstić information content (AvgIpc) is 2.79. The van der Waals surface area contributed by atoms with Crippen LogP contribution in [0.1, 0.15) is 24.3 Å². The van der Waals surface area contributed by atoms with Crippen LogP contribution in [-0.4, -0.2) is 4.98 Å². The van der Waals surface area contributed by atoms with Crippen molar-refractivity contribution in [1.82, 2.24) is 10.3 Å². The number of pyridine rings is 1. The average molecular weight is 281 g/mol. The van der Waals surface area contributed by atoms with Gasteiger partial charge in [0.1, 0.15) is 5.76 Å². The van der Waals surface area contributed by atoms with Gasteiger partial charge in [-0.2, -0.15) is 0 Å². The van der Waals surface area contributed by atoms with Crippen LogP contribution in [-0.2, 0) is 6.54 Å². The van der Waals surface area contributed by atoms with Crippen molar-refractivity contribution in [2.45, 2.75) is 19.5 Å². The summed E-state index contributed by atoms with van der Waals surface area (Å²) < 4.78 is 6.32. The molecule has 2 rings (SSSR count). The van der Waals surface area contributed by atoms with Gasteiger partial charge in [0, 0.05) is 23.4 Å². The molecule has 0 radical (unpaired) electrons. The molecule has 2 aromatic rings. The number of nitrogens with zero attached hydrogens (tertiary/aromatic N) is 1. The second-order valence-corrected chi connectivity index (χ2v) is 4.55. The molecule has 0 aliphatic carbocycles. The van der Waals surface area contributed by atoms with Crippen LogP contribution in [0.25, 0.3) is 0 Å². The summed E-state index contributed by atoms with van der Waals surface area (Å²) >= 11 is 3.40. The fourth-order valence-corrected chi connectivity index (χ4v) is 1.87. The van der Waals surface area contributed by atoms with Crippen molar-refractivity contribution in [3.63, 3.8) is 0 Å². The van der Waals surface area contributed by atoms with E-state index in [4.69, 9.17) is 4.42 Å². The maximum absolute atomic E-state index is 5.32. The molecule has 0 saturated carbocycles. The van der Waals surface area contributed by atoms with Gasteiger partial charge in [0.05, 0.1) is 12.3 Å². The maximum Gasteiger partial charge on any atom is 0.120 e. The molecule has 0 aliphatic heterocycles. The number of hydrogen-bond donors (Lipinski definition) is 1. The fourth-order valence-electron chi connectivity index (χ4n) is 1.46. The number of nitrogens with one attached hydrogen (secondary N) is 1. The van der Waals surface area contributed by atoms with Crippen LogP contribution in [0.15, 0.2) is 45.7 Å². The molecule has 0 fully saturated rings. The smallest absolute Gasteiger partial charge is 0.120 e. The highest BCUT2D eigenvalue weighted by molar-refractivity contribution is 9.10. The third-order valence-electron chi connectivity index (χ3n) is 2.34. The van der Waals surface area contributed by atoms with E-state index in [9.17, 15) is 0 Å². The Morgan fingerprint density at radius 1 is 1.50 bits per heavy atom. The van der Waals surface area contributed by atoms with Crippen molar-refractivity contribution in [3.05, 3.63) is 52.7 Å². The van der Waals surface area contributed by atoms with E-state index in [-0.39, 0.29) is 6.04 Å². The summed E-state index contributed by atoms with van der Waals surface area (Å²) in [5, 5.41) is 3.37. The Bertz CT molecular complexity index is 442. The minimum absolute atomic E-state index is 0.203. The predicted molar refractivity (Wildman–Crippen MR) is 65.9 cm³/mol. The van der Waals surface area contributed by atoms with Gasteiger partial charge in [-0.25, -0.2) is 0 Å². The highest BCUT2D eigenvalue weighted by Crippen LogP contribution is 2.14. The summed E-state index contributed by atoms with van der Waals surface area (Å²) in [5.41, 5.74) is 1.15. The van der Waals surface area contributed by atoms with Crippen LogP contribution in [0, 0.1) is 0 Å². The normalized spacial score (nSPS) is 12.6. The first-order chi connectivity index (χ1) is 7.75. The van der Waals surface area contributed by atoms with E-state index in [1.54, 1.807) is 12.5 Å². The van der Waals surface area contributed by atoms with Crippen molar-refractivity contribution in [2.24, 2.45) is 0 Å². The van der Waals surface area contributed by atoms with Crippen LogP contribution in [0.4, 0.5) is 0 Å². The third kappa shape index (κ3) is 2.93. The molecule has 4 heteroatoms. The van der Waals surface area contributed by atoms with E-state index in [2.05, 4.69) is 39.2 Å². The quantitative estimate of drug-likeness (QED) is 0.934. The lowest BCUT2D eigenvalue weighted by Gasteiger charge is -2.11. The molecule has 0 saturated heterocycles. The van der Waals surface area contributed by atoms with Gasteiger partial charge in [-0.05, 0) is 46.6 Å². The molecule has 2 heterocycles. The molecule has 0 aliphatic rings. The Kier molecular flexibility index (Phi) is 3.74. The van der Waals surface area contributed by atoms with E-state index in [0.717, 1.165) is 22.3 Å². The van der Waals surface area contributed by atoms with Gasteiger partial charge in [0.2, 0.25) is 0 Å². The van der Waals surface area contributed by atoms with Crippen LogP contribution < -0.4 is 5.32 Å². The maximum atomic E-state index is 5.32. The molecule has 0 bridgehead atoms. The minimum atomic E-state index is 0.203. The van der Waals surface area contributed by atoms with E-state index in [1.807, 2.05) is 18.3 Å². The Hall–Kier alpha value is -1.13. The zero-order valence-electron chi connectivity index (χ0n) is 8.98. The zero-order valence-corrected chi connectivity index (χ0v) is 10.6. The van der Waals surface area contributed by atoms with Crippen molar-refractivity contribution in [1.29, 1.82) is 0 Å². The van der Waals surface area contributed by atoms with Crippen molar-refractivity contribution < 1.29 is 4.42 Å². The molecule has 16 heavy (non-hydrogen) atoms. The topological polar surface area (TPSA) is 38.1 Å². The third-order valence-corrected chi connectivity index (χ3v) is 2.78. The Balaban J connectivity index is 1.92. The second kappa shape index (κ2) is 5.27. The van der Waals surface area contributed by atoms with Gasteiger partial charge >= 0.3 is 0 Å². The molecule has 0 aromatic carbocycles. The molecule has 84 valence electrons. The first kappa shape index (κ1) is 11.4. The summed E-state index contributed by atoms with van der Waals surface area (Å²) in [6, 6.07) is 6.12. The number of hydrogen-bond acceptors (Lipinski definition) is 3. The van der Waals surface area contributed by atoms with E-state index in [1.165, 1.54) is 0 Å². The molecule has 2 aromatic heterocycles. The first-order valence-corrected chi connectivity index (χ1v) is 5.91. The summed E-state index contributed by atoms with van der Waals surface area (Å²) in [6.07, 6.45) is 5.32. The first-order valence-electron chi connectivity index (χ1n) is 5.12. The number of rotatable bonds is 4. The highest BCUT2D eigenvalue weighted by Gasteiger charge is 2.07. The Morgan fingerprint density at radius 2 is 2.38 bits per heavy atom. The van der Waals surface area contributed by atoms with Gasteiger partial charge in [0.15, 0.2) is 0 Å². The van der Waals surface area contributed by atoms with Gasteiger partial charge in [-0.3, -0.25) is 4.98 Å². The summed E-state index contributed by atoms with van der Waals surface area (Å²) in [6.45, 7) is 2.85. The molecule has 3 nitrogen and oxygen atoms in total. The second-order valence-electron chi connectivity index (χ2n) is 3.63. The molecule has 1 atom stereocenters. The van der Waals surface area contributed by atoms with Crippen molar-refractivity contribution in [2.75, 3.05) is 0 Å². The minimum Gasteiger partial charge on any atom is -0.468 e. The van der Waals surface area contributed by atoms with Gasteiger partial charge in [-0.1, -0.05) is 0 Å². The molecule has 1 N–H and O–H groups in total. The SMILES string of the molecule is C[C@@H](NCc1cncc(Br)c1)c1ccco1. The molecular formula is C12H13BrN2O. The summed E-state index contributed by atoms with van der Waals surface area (Å²) in [4.78, 5) is 4.11. The number of halogens is 1. The lowest BCUT2D eigenvalue weighted by Crippen LogP contribution is -2.17. The van der Waals surface area contributed by atoms with E-state index in [0.29, 0.717) is 0 Å². The van der Waals surface area contributed by atoms with Crippen LogP contribution in [0.3, 0.4) is 0 Å². The lowest BCUT2D eigenvalue weighted by molar-refractivity contribution is 0.430. The Labute approximate surface area is 103 Å². The Morgan fingerprint density at radius 3 is 3.06 bits per heavy atom. The van der Waals surface area contributed by atoms with Crippen molar-refractivity contribution >= 4 is 15.9 Å². The summed E-state index contributed by atoms with van der Waals surface area (Å²) in [5.74, 6) is 0.947. The standard InChI is InChI=1S/C12H13BrN2O/c1-9(12-3-2-4-16-12)15-7-10-5-11(13)8-14-6-10/h2-6,8-9,15H,7H2,1H3/t9-/m1/s1. The van der Waals surface area contributed by atoms with Gasteiger partial charge in [-0.15, -0.1) is 0 Å². The fraction of sp³-hybridized carbons (Fsp3) is 0.250. The van der Waals surface area contributed by atoms with E-state index >= 15 is 0 Å². The monoisotopic (exact) mass is 280 g/mol. The number of furan rings is 1.